The van der Waals surface area contributed by atoms with Gasteiger partial charge in [-0.25, -0.2) is 9.97 Å². The second-order valence-corrected chi connectivity index (χ2v) is 10.6. The Balaban J connectivity index is 1.38. The first-order chi connectivity index (χ1) is 20.1. The summed E-state index contributed by atoms with van der Waals surface area (Å²) in [6, 6.07) is 38.5. The number of para-hydroxylation sites is 4. The molecule has 7 aromatic rings. The lowest BCUT2D eigenvalue weighted by Crippen LogP contribution is -2.25. The van der Waals surface area contributed by atoms with Gasteiger partial charge in [-0.1, -0.05) is 72.8 Å². The van der Waals surface area contributed by atoms with Gasteiger partial charge >= 0.3 is 0 Å². The lowest BCUT2D eigenvalue weighted by molar-refractivity contribution is 0.919. The zero-order valence-corrected chi connectivity index (χ0v) is 23.2. The molecule has 0 fully saturated rings. The number of benzene rings is 5. The second-order valence-electron chi connectivity index (χ2n) is 10.6. The van der Waals surface area contributed by atoms with Crippen LogP contribution in [0, 0.1) is 0 Å². The molecule has 6 heteroatoms. The zero-order chi connectivity index (χ0) is 27.7. The standard InChI is InChI=1S/C35H28N6/c1-38-22-36-33-26(14-9-17-30(33)38)24-19-20-28-32(21-24)41(29-16-8-7-15-27(29)39(28)2)35-37-34-25(23-11-5-4-6-12-23)13-10-18-31(34)40(35)3/h4-22H,1-3H3. The Bertz CT molecular complexity index is 2100. The third kappa shape index (κ3) is 3.44. The largest absolute Gasteiger partial charge is 0.341 e. The fourth-order valence-electron chi connectivity index (χ4n) is 6.21. The molecule has 1 aliphatic rings. The highest BCUT2D eigenvalue weighted by molar-refractivity contribution is 6.02. The van der Waals surface area contributed by atoms with Crippen LogP contribution >= 0.6 is 0 Å². The Morgan fingerprint density at radius 3 is 2.02 bits per heavy atom. The number of rotatable bonds is 3. The number of aryl methyl sites for hydroxylation is 2. The number of fused-ring (bicyclic) bond motifs is 4. The van der Waals surface area contributed by atoms with Gasteiger partial charge in [0, 0.05) is 32.3 Å². The maximum atomic E-state index is 5.35. The molecule has 0 saturated carbocycles. The molecule has 0 spiro atoms. The molecular formula is C35H28N6. The summed E-state index contributed by atoms with van der Waals surface area (Å²) in [4.78, 5) is 14.7. The predicted molar refractivity (Wildman–Crippen MR) is 169 cm³/mol. The van der Waals surface area contributed by atoms with Crippen LogP contribution < -0.4 is 9.80 Å². The van der Waals surface area contributed by atoms with Crippen LogP contribution in [0.1, 0.15) is 0 Å². The van der Waals surface area contributed by atoms with E-state index in [1.54, 1.807) is 0 Å². The Morgan fingerprint density at radius 1 is 0.537 bits per heavy atom. The minimum absolute atomic E-state index is 0.873. The van der Waals surface area contributed by atoms with E-state index in [0.29, 0.717) is 0 Å². The maximum absolute atomic E-state index is 5.35. The Morgan fingerprint density at radius 2 is 1.22 bits per heavy atom. The van der Waals surface area contributed by atoms with E-state index in [-0.39, 0.29) is 0 Å². The van der Waals surface area contributed by atoms with Gasteiger partial charge in [0.25, 0.3) is 0 Å². The molecule has 0 unspecified atom stereocenters. The highest BCUT2D eigenvalue weighted by atomic mass is 15.4. The average molecular weight is 533 g/mol. The van der Waals surface area contributed by atoms with Crippen LogP contribution in [0.25, 0.3) is 44.3 Å². The Hall–Kier alpha value is -5.36. The normalized spacial score (nSPS) is 12.7. The highest BCUT2D eigenvalue weighted by Crippen LogP contribution is 2.52. The van der Waals surface area contributed by atoms with Gasteiger partial charge in [0.15, 0.2) is 0 Å². The maximum Gasteiger partial charge on any atom is 0.215 e. The van der Waals surface area contributed by atoms with Crippen LogP contribution in [0.3, 0.4) is 0 Å². The van der Waals surface area contributed by atoms with Crippen molar-refractivity contribution in [2.24, 2.45) is 14.1 Å². The number of nitrogens with zero attached hydrogens (tertiary/aromatic N) is 6. The first-order valence-corrected chi connectivity index (χ1v) is 13.8. The molecule has 0 aliphatic carbocycles. The summed E-state index contributed by atoms with van der Waals surface area (Å²) in [6.07, 6.45) is 1.88. The van der Waals surface area contributed by atoms with Crippen LogP contribution in [0.5, 0.6) is 0 Å². The van der Waals surface area contributed by atoms with E-state index in [1.165, 1.54) is 0 Å². The van der Waals surface area contributed by atoms with Crippen molar-refractivity contribution >= 4 is 50.8 Å². The topological polar surface area (TPSA) is 42.1 Å². The van der Waals surface area contributed by atoms with Crippen molar-refractivity contribution in [2.75, 3.05) is 16.8 Å². The fraction of sp³-hybridized carbons (Fsp3) is 0.0857. The quantitative estimate of drug-likeness (QED) is 0.229. The summed E-state index contributed by atoms with van der Waals surface area (Å²) in [5.74, 6) is 0.873. The van der Waals surface area contributed by atoms with Crippen molar-refractivity contribution < 1.29 is 0 Å². The number of aromatic nitrogens is 4. The molecule has 41 heavy (non-hydrogen) atoms. The molecule has 0 radical (unpaired) electrons. The SMILES string of the molecule is CN1c2ccccc2N(c2nc3c(-c4ccccc4)cccc3n2C)c2cc(-c3cccc4c3ncn4C)ccc21. The lowest BCUT2D eigenvalue weighted by Gasteiger charge is -2.38. The molecular weight excluding hydrogens is 504 g/mol. The van der Waals surface area contributed by atoms with E-state index < -0.39 is 0 Å². The third-order valence-electron chi connectivity index (χ3n) is 8.30. The number of hydrogen-bond acceptors (Lipinski definition) is 4. The molecule has 0 saturated heterocycles. The van der Waals surface area contributed by atoms with Gasteiger partial charge in [-0.3, -0.25) is 4.90 Å². The van der Waals surface area contributed by atoms with Gasteiger partial charge in [0.2, 0.25) is 5.95 Å². The smallest absolute Gasteiger partial charge is 0.215 e. The van der Waals surface area contributed by atoms with Gasteiger partial charge in [-0.2, -0.15) is 0 Å². The van der Waals surface area contributed by atoms with E-state index >= 15 is 0 Å². The first-order valence-electron chi connectivity index (χ1n) is 13.8. The van der Waals surface area contributed by atoms with Gasteiger partial charge in [-0.05, 0) is 47.5 Å². The van der Waals surface area contributed by atoms with Crippen LogP contribution in [0.15, 0.2) is 116 Å². The van der Waals surface area contributed by atoms with Gasteiger partial charge in [0.05, 0.1) is 51.1 Å². The molecule has 0 atom stereocenters. The van der Waals surface area contributed by atoms with Gasteiger partial charge in [0.1, 0.15) is 0 Å². The van der Waals surface area contributed by atoms with Crippen LogP contribution in [0.2, 0.25) is 0 Å². The Kier molecular flexibility index (Phi) is 5.06. The molecule has 5 aromatic carbocycles. The summed E-state index contributed by atoms with van der Waals surface area (Å²) >= 11 is 0. The van der Waals surface area contributed by atoms with Crippen LogP contribution in [0.4, 0.5) is 28.7 Å². The van der Waals surface area contributed by atoms with Gasteiger partial charge in [-0.15, -0.1) is 0 Å². The average Bonchev–Trinajstić information content (AvgIpc) is 3.57. The fourth-order valence-corrected chi connectivity index (χ4v) is 6.21. The van der Waals surface area contributed by atoms with E-state index in [4.69, 9.17) is 9.97 Å². The zero-order valence-electron chi connectivity index (χ0n) is 23.2. The van der Waals surface area contributed by atoms with Crippen molar-refractivity contribution in [3.63, 3.8) is 0 Å². The summed E-state index contributed by atoms with van der Waals surface area (Å²) in [7, 11) is 6.28. The highest BCUT2D eigenvalue weighted by Gasteiger charge is 2.31. The van der Waals surface area contributed by atoms with E-state index in [2.05, 4.69) is 142 Å². The molecule has 6 nitrogen and oxygen atoms in total. The van der Waals surface area contributed by atoms with Crippen molar-refractivity contribution in [3.8, 4) is 22.3 Å². The minimum atomic E-state index is 0.873. The summed E-state index contributed by atoms with van der Waals surface area (Å²) in [5, 5.41) is 0. The lowest BCUT2D eigenvalue weighted by atomic mass is 10.00. The van der Waals surface area contributed by atoms with Crippen LogP contribution in [-0.4, -0.2) is 26.1 Å². The molecule has 0 N–H and O–H groups in total. The van der Waals surface area contributed by atoms with E-state index in [0.717, 1.165) is 73.0 Å². The molecule has 0 bridgehead atoms. The summed E-state index contributed by atoms with van der Waals surface area (Å²) < 4.78 is 4.27. The molecule has 8 rings (SSSR count). The third-order valence-corrected chi connectivity index (χ3v) is 8.30. The summed E-state index contributed by atoms with van der Waals surface area (Å²) in [5.41, 5.74) is 13.1. The molecule has 1 aliphatic heterocycles. The van der Waals surface area contributed by atoms with Crippen molar-refractivity contribution in [1.82, 2.24) is 19.1 Å². The number of anilines is 5. The second kappa shape index (κ2) is 8.83. The summed E-state index contributed by atoms with van der Waals surface area (Å²) in [6.45, 7) is 0. The minimum Gasteiger partial charge on any atom is -0.341 e. The van der Waals surface area contributed by atoms with Crippen molar-refractivity contribution in [2.45, 2.75) is 0 Å². The van der Waals surface area contributed by atoms with Crippen LogP contribution in [-0.2, 0) is 14.1 Å². The molecule has 198 valence electrons. The Labute approximate surface area is 238 Å². The predicted octanol–water partition coefficient (Wildman–Crippen LogP) is 8.35. The number of imidazole rings is 2. The van der Waals surface area contributed by atoms with Gasteiger partial charge < -0.3 is 14.0 Å². The van der Waals surface area contributed by atoms with Crippen molar-refractivity contribution in [1.29, 1.82) is 0 Å². The molecule has 2 aromatic heterocycles. The first kappa shape index (κ1) is 23.5. The monoisotopic (exact) mass is 532 g/mol. The van der Waals surface area contributed by atoms with E-state index in [9.17, 15) is 0 Å². The number of hydrogen-bond donors (Lipinski definition) is 0. The molecule has 3 heterocycles. The molecule has 0 amide bonds. The van der Waals surface area contributed by atoms with Crippen molar-refractivity contribution in [3.05, 3.63) is 116 Å². The van der Waals surface area contributed by atoms with E-state index in [1.807, 2.05) is 13.4 Å².